The van der Waals surface area contributed by atoms with Crippen molar-refractivity contribution in [3.8, 4) is 17.0 Å². The predicted octanol–water partition coefficient (Wildman–Crippen LogP) is 7.98. The molecular weight excluding hydrogens is 619 g/mol. The Morgan fingerprint density at radius 3 is 2.33 bits per heavy atom. The van der Waals surface area contributed by atoms with Crippen LogP contribution >= 0.6 is 46.3 Å². The third kappa shape index (κ3) is 4.61. The first kappa shape index (κ1) is 27.8. The molecule has 7 nitrogen and oxygen atoms in total. The van der Waals surface area contributed by atoms with Crippen LogP contribution in [0.5, 0.6) is 5.75 Å². The summed E-state index contributed by atoms with van der Waals surface area (Å²) in [5.74, 6) is -0.485. The standard InChI is InChI=1S/C31H23Cl3N2O5S/c32-23-2-1-3-24(33)26(23)27-21(28(42-35-27)15-4-5-15)14-41-18-7-9-22(25(34)11-18)31(39)12-17(13-31)16-6-8-19-20(10-16)30(38)36(40)29(19)37/h1-3,6-11,15,17,39-40H,4-5,12-14H2. The van der Waals surface area contributed by atoms with Crippen LogP contribution in [0.3, 0.4) is 0 Å². The van der Waals surface area contributed by atoms with Crippen LogP contribution in [-0.2, 0) is 12.2 Å². The summed E-state index contributed by atoms with van der Waals surface area (Å²) in [7, 11) is 0. The highest BCUT2D eigenvalue weighted by Crippen LogP contribution is 2.53. The van der Waals surface area contributed by atoms with Crippen LogP contribution in [0.1, 0.15) is 79.8 Å². The maximum Gasteiger partial charge on any atom is 0.285 e. The van der Waals surface area contributed by atoms with Gasteiger partial charge in [-0.15, -0.1) is 5.06 Å². The zero-order valence-corrected chi connectivity index (χ0v) is 25.0. The molecule has 0 unspecified atom stereocenters. The summed E-state index contributed by atoms with van der Waals surface area (Å²) < 4.78 is 10.9. The molecule has 2 amide bonds. The van der Waals surface area contributed by atoms with Gasteiger partial charge in [0, 0.05) is 21.6 Å². The molecule has 2 saturated carbocycles. The monoisotopic (exact) mass is 640 g/mol. The number of carbonyl (C=O) groups is 2. The van der Waals surface area contributed by atoms with Gasteiger partial charge in [-0.1, -0.05) is 53.0 Å². The number of hydrogen-bond donors (Lipinski definition) is 2. The van der Waals surface area contributed by atoms with E-state index in [1.54, 1.807) is 54.6 Å². The van der Waals surface area contributed by atoms with E-state index in [2.05, 4.69) is 0 Å². The highest BCUT2D eigenvalue weighted by atomic mass is 35.5. The van der Waals surface area contributed by atoms with E-state index in [1.165, 1.54) is 16.4 Å². The Hall–Kier alpha value is -2.98. The van der Waals surface area contributed by atoms with Crippen LogP contribution < -0.4 is 4.74 Å². The van der Waals surface area contributed by atoms with E-state index in [1.807, 2.05) is 0 Å². The molecule has 11 heteroatoms. The van der Waals surface area contributed by atoms with Crippen LogP contribution in [0.2, 0.25) is 15.1 Å². The van der Waals surface area contributed by atoms with E-state index < -0.39 is 17.4 Å². The zero-order chi connectivity index (χ0) is 29.3. The Morgan fingerprint density at radius 2 is 1.64 bits per heavy atom. The van der Waals surface area contributed by atoms with Gasteiger partial charge >= 0.3 is 0 Å². The topological polar surface area (TPSA) is 100.0 Å². The maximum absolute atomic E-state index is 12.2. The van der Waals surface area contributed by atoms with Gasteiger partial charge in [-0.25, -0.2) is 0 Å². The summed E-state index contributed by atoms with van der Waals surface area (Å²) in [6.07, 6.45) is 3.02. The first-order valence-corrected chi connectivity index (χ1v) is 15.3. The van der Waals surface area contributed by atoms with Crippen molar-refractivity contribution in [1.29, 1.82) is 0 Å². The molecule has 0 atom stereocenters. The second-order valence-corrected chi connectivity index (χ2v) is 13.1. The minimum absolute atomic E-state index is 0.0371. The molecule has 2 aliphatic carbocycles. The zero-order valence-electron chi connectivity index (χ0n) is 21.9. The third-order valence-electron chi connectivity index (χ3n) is 8.32. The minimum atomic E-state index is -1.15. The summed E-state index contributed by atoms with van der Waals surface area (Å²) in [6, 6.07) is 15.6. The first-order valence-electron chi connectivity index (χ1n) is 13.4. The smallest absolute Gasteiger partial charge is 0.285 e. The molecule has 0 spiro atoms. The molecule has 1 aromatic heterocycles. The van der Waals surface area contributed by atoms with Crippen molar-refractivity contribution in [2.75, 3.05) is 0 Å². The molecule has 0 bridgehead atoms. The average molecular weight is 642 g/mol. The van der Waals surface area contributed by atoms with Gasteiger partial charge in [0.25, 0.3) is 11.8 Å². The van der Waals surface area contributed by atoms with Crippen molar-refractivity contribution < 1.29 is 24.6 Å². The van der Waals surface area contributed by atoms with Crippen molar-refractivity contribution in [3.63, 3.8) is 0 Å². The van der Waals surface area contributed by atoms with E-state index in [0.29, 0.717) is 50.7 Å². The van der Waals surface area contributed by atoms with Gasteiger partial charge in [0.15, 0.2) is 0 Å². The van der Waals surface area contributed by atoms with Crippen molar-refractivity contribution in [1.82, 2.24) is 9.44 Å². The molecule has 4 aromatic rings. The fraction of sp³-hybridized carbons (Fsp3) is 0.258. The first-order chi connectivity index (χ1) is 20.1. The number of nitrogens with zero attached hydrogens (tertiary/aromatic N) is 2. The number of rotatable bonds is 7. The van der Waals surface area contributed by atoms with Gasteiger partial charge in [-0.2, -0.15) is 4.37 Å². The predicted molar refractivity (Wildman–Crippen MR) is 160 cm³/mol. The van der Waals surface area contributed by atoms with Crippen LogP contribution in [0.25, 0.3) is 11.3 Å². The van der Waals surface area contributed by atoms with Gasteiger partial charge in [0.05, 0.1) is 37.5 Å². The van der Waals surface area contributed by atoms with Gasteiger partial charge < -0.3 is 9.84 Å². The fourth-order valence-electron chi connectivity index (χ4n) is 5.88. The molecular formula is C31H23Cl3N2O5S. The van der Waals surface area contributed by atoms with Crippen LogP contribution in [0.4, 0.5) is 0 Å². The number of hydroxylamine groups is 2. The van der Waals surface area contributed by atoms with Crippen molar-refractivity contribution in [2.24, 2.45) is 0 Å². The second kappa shape index (κ2) is 10.3. The van der Waals surface area contributed by atoms with Gasteiger partial charge in [-0.05, 0) is 91.0 Å². The molecule has 42 heavy (non-hydrogen) atoms. The lowest BCUT2D eigenvalue weighted by Gasteiger charge is -2.44. The number of aliphatic hydroxyl groups is 1. The minimum Gasteiger partial charge on any atom is -0.489 e. The molecule has 7 rings (SSSR count). The molecule has 2 fully saturated rings. The fourth-order valence-corrected chi connectivity index (χ4v) is 7.84. The number of halogens is 3. The Bertz CT molecular complexity index is 1760. The van der Waals surface area contributed by atoms with E-state index in [0.717, 1.165) is 29.7 Å². The highest BCUT2D eigenvalue weighted by molar-refractivity contribution is 7.06. The molecule has 2 N–H and O–H groups in total. The van der Waals surface area contributed by atoms with E-state index in [9.17, 15) is 19.9 Å². The lowest BCUT2D eigenvalue weighted by molar-refractivity contribution is -0.0549. The van der Waals surface area contributed by atoms with Crippen molar-refractivity contribution in [2.45, 2.75) is 49.7 Å². The number of carbonyl (C=O) groups excluding carboxylic acids is 2. The van der Waals surface area contributed by atoms with E-state index in [-0.39, 0.29) is 28.7 Å². The SMILES string of the molecule is O=C1c2ccc(C3CC(O)(c4ccc(OCc5c(-c6c(Cl)cccc6Cl)nsc5C5CC5)cc4Cl)C3)cc2C(=O)N1O. The number of aromatic nitrogens is 1. The number of fused-ring (bicyclic) bond motifs is 1. The summed E-state index contributed by atoms with van der Waals surface area (Å²) in [6.45, 7) is 0.270. The summed E-state index contributed by atoms with van der Waals surface area (Å²) in [5, 5.41) is 22.6. The van der Waals surface area contributed by atoms with Crippen molar-refractivity contribution >= 4 is 58.1 Å². The Kier molecular flexibility index (Phi) is 6.85. The number of ether oxygens (including phenoxy) is 1. The quantitative estimate of drug-likeness (QED) is 0.157. The normalized spacial score (nSPS) is 21.5. The largest absolute Gasteiger partial charge is 0.489 e. The number of hydrogen-bond acceptors (Lipinski definition) is 7. The number of imide groups is 1. The highest BCUT2D eigenvalue weighted by Gasteiger charge is 2.46. The van der Waals surface area contributed by atoms with E-state index >= 15 is 0 Å². The van der Waals surface area contributed by atoms with Crippen LogP contribution in [0, 0.1) is 0 Å². The molecule has 0 radical (unpaired) electrons. The van der Waals surface area contributed by atoms with Gasteiger partial charge in [-0.3, -0.25) is 14.8 Å². The lowest BCUT2D eigenvalue weighted by Crippen LogP contribution is -2.40. The van der Waals surface area contributed by atoms with Gasteiger partial charge in [0.1, 0.15) is 12.4 Å². The average Bonchev–Trinajstić information content (AvgIpc) is 3.68. The second-order valence-electron chi connectivity index (χ2n) is 11.0. The Labute approximate surface area is 260 Å². The summed E-state index contributed by atoms with van der Waals surface area (Å²) >= 11 is 21.1. The maximum atomic E-state index is 12.2. The summed E-state index contributed by atoms with van der Waals surface area (Å²) in [5.41, 5.74) is 3.01. The Balaban J connectivity index is 1.08. The number of benzene rings is 3. The Morgan fingerprint density at radius 1 is 0.929 bits per heavy atom. The summed E-state index contributed by atoms with van der Waals surface area (Å²) in [4.78, 5) is 25.3. The van der Waals surface area contributed by atoms with E-state index in [4.69, 9.17) is 43.9 Å². The molecule has 2 heterocycles. The van der Waals surface area contributed by atoms with Gasteiger partial charge in [0.2, 0.25) is 0 Å². The van der Waals surface area contributed by atoms with Crippen LogP contribution in [0.15, 0.2) is 54.6 Å². The molecule has 0 saturated heterocycles. The van der Waals surface area contributed by atoms with Crippen LogP contribution in [-0.4, -0.2) is 31.6 Å². The number of amides is 2. The third-order valence-corrected chi connectivity index (χ3v) is 10.3. The molecule has 1 aliphatic heterocycles. The molecule has 214 valence electrons. The van der Waals surface area contributed by atoms with Crippen molar-refractivity contribution in [3.05, 3.63) is 102 Å². The lowest BCUT2D eigenvalue weighted by atomic mass is 9.65. The molecule has 3 aromatic carbocycles. The molecule has 3 aliphatic rings.